The molecular formula is C10H12NO. The maximum atomic E-state index is 11.1. The monoisotopic (exact) mass is 162 g/mol. The molecule has 63 valence electrons. The van der Waals surface area contributed by atoms with E-state index in [2.05, 4.69) is 18.0 Å². The molecule has 1 aromatic heterocycles. The van der Waals surface area contributed by atoms with Gasteiger partial charge in [0, 0.05) is 13.1 Å². The predicted molar refractivity (Wildman–Crippen MR) is 47.1 cm³/mol. The van der Waals surface area contributed by atoms with Crippen molar-refractivity contribution in [1.82, 2.24) is 4.98 Å². The Balaban J connectivity index is 3.00. The first kappa shape index (κ1) is 8.91. The second-order valence-corrected chi connectivity index (χ2v) is 2.72. The zero-order chi connectivity index (χ0) is 8.97. The van der Waals surface area contributed by atoms with Gasteiger partial charge in [-0.05, 0) is 24.1 Å². The number of carbonyl (C=O) groups excluding carboxylic acids is 1. The molecule has 0 saturated carbocycles. The number of carbonyl (C=O) groups is 1. The lowest BCUT2D eigenvalue weighted by Crippen LogP contribution is -2.02. The van der Waals surface area contributed by atoms with E-state index >= 15 is 0 Å². The van der Waals surface area contributed by atoms with Gasteiger partial charge in [-0.1, -0.05) is 13.3 Å². The van der Waals surface area contributed by atoms with Gasteiger partial charge in [-0.15, -0.1) is 0 Å². The number of Topliss-reactive ketones (excluding diaryl/α,β-unsaturated/α-hetero) is 1. The van der Waals surface area contributed by atoms with E-state index in [0.717, 1.165) is 18.4 Å². The molecule has 0 aliphatic heterocycles. The van der Waals surface area contributed by atoms with Crippen molar-refractivity contribution < 1.29 is 4.79 Å². The minimum absolute atomic E-state index is 0.0234. The molecule has 0 amide bonds. The zero-order valence-corrected chi connectivity index (χ0v) is 7.42. The Morgan fingerprint density at radius 2 is 2.42 bits per heavy atom. The maximum Gasteiger partial charge on any atom is 0.178 e. The molecule has 1 radical (unpaired) electrons. The van der Waals surface area contributed by atoms with Crippen LogP contribution in [-0.4, -0.2) is 10.8 Å². The molecule has 0 aliphatic carbocycles. The number of ketones is 1. The van der Waals surface area contributed by atoms with Crippen molar-refractivity contribution in [1.29, 1.82) is 0 Å². The van der Waals surface area contributed by atoms with E-state index < -0.39 is 0 Å². The van der Waals surface area contributed by atoms with Crippen LogP contribution >= 0.6 is 0 Å². The van der Waals surface area contributed by atoms with Crippen LogP contribution in [0.5, 0.6) is 0 Å². The number of hydrogen-bond acceptors (Lipinski definition) is 2. The van der Waals surface area contributed by atoms with Crippen LogP contribution in [0.25, 0.3) is 0 Å². The van der Waals surface area contributed by atoms with Crippen LogP contribution in [0.2, 0.25) is 0 Å². The minimum Gasteiger partial charge on any atom is -0.293 e. The Morgan fingerprint density at radius 1 is 1.67 bits per heavy atom. The van der Waals surface area contributed by atoms with Crippen molar-refractivity contribution in [3.63, 3.8) is 0 Å². The van der Waals surface area contributed by atoms with E-state index in [0.29, 0.717) is 5.69 Å². The van der Waals surface area contributed by atoms with Crippen LogP contribution in [0.1, 0.15) is 36.3 Å². The van der Waals surface area contributed by atoms with Crippen LogP contribution in [0, 0.1) is 6.07 Å². The highest BCUT2D eigenvalue weighted by Crippen LogP contribution is 2.07. The van der Waals surface area contributed by atoms with Gasteiger partial charge in [0.1, 0.15) is 5.69 Å². The van der Waals surface area contributed by atoms with Crippen molar-refractivity contribution in [3.05, 3.63) is 29.6 Å². The van der Waals surface area contributed by atoms with Gasteiger partial charge in [0.2, 0.25) is 0 Å². The molecule has 0 bridgehead atoms. The third-order valence-electron chi connectivity index (χ3n) is 1.66. The summed E-state index contributed by atoms with van der Waals surface area (Å²) in [5.74, 6) is 0.0234. The fourth-order valence-electron chi connectivity index (χ4n) is 1.14. The molecule has 1 rings (SSSR count). The van der Waals surface area contributed by atoms with Gasteiger partial charge in [-0.25, -0.2) is 0 Å². The molecule has 0 saturated heterocycles. The number of rotatable bonds is 3. The van der Waals surface area contributed by atoms with Gasteiger partial charge in [-0.2, -0.15) is 0 Å². The molecule has 0 N–H and O–H groups in total. The quantitative estimate of drug-likeness (QED) is 0.636. The van der Waals surface area contributed by atoms with Crippen LogP contribution in [0.3, 0.4) is 0 Å². The summed E-state index contributed by atoms with van der Waals surface area (Å²) in [7, 11) is 0. The molecule has 1 heterocycles. The zero-order valence-electron chi connectivity index (χ0n) is 7.42. The molecule has 0 spiro atoms. The SMILES string of the molecule is CCCc1[c]ccnc1C(C)=O. The summed E-state index contributed by atoms with van der Waals surface area (Å²) in [4.78, 5) is 15.1. The summed E-state index contributed by atoms with van der Waals surface area (Å²) >= 11 is 0. The van der Waals surface area contributed by atoms with Crippen LogP contribution < -0.4 is 0 Å². The average molecular weight is 162 g/mol. The normalized spacial score (nSPS) is 9.83. The molecule has 0 fully saturated rings. The van der Waals surface area contributed by atoms with Gasteiger partial charge in [0.25, 0.3) is 0 Å². The number of nitrogens with zero attached hydrogens (tertiary/aromatic N) is 1. The molecule has 12 heavy (non-hydrogen) atoms. The average Bonchev–Trinajstić information content (AvgIpc) is 2.05. The second-order valence-electron chi connectivity index (χ2n) is 2.72. The van der Waals surface area contributed by atoms with Gasteiger partial charge in [0.05, 0.1) is 0 Å². The fourth-order valence-corrected chi connectivity index (χ4v) is 1.14. The molecule has 0 unspecified atom stereocenters. The molecular weight excluding hydrogens is 150 g/mol. The van der Waals surface area contributed by atoms with E-state index in [4.69, 9.17) is 0 Å². The van der Waals surface area contributed by atoms with E-state index in [1.807, 2.05) is 0 Å². The maximum absolute atomic E-state index is 11.1. The van der Waals surface area contributed by atoms with Gasteiger partial charge < -0.3 is 0 Å². The number of pyridine rings is 1. The topological polar surface area (TPSA) is 30.0 Å². The summed E-state index contributed by atoms with van der Waals surface area (Å²) in [6.45, 7) is 3.61. The lowest BCUT2D eigenvalue weighted by atomic mass is 10.1. The van der Waals surface area contributed by atoms with Crippen LogP contribution in [0.4, 0.5) is 0 Å². The molecule has 1 aromatic rings. The van der Waals surface area contributed by atoms with Crippen molar-refractivity contribution in [2.75, 3.05) is 0 Å². The largest absolute Gasteiger partial charge is 0.293 e. The van der Waals surface area contributed by atoms with Crippen molar-refractivity contribution in [3.8, 4) is 0 Å². The lowest BCUT2D eigenvalue weighted by molar-refractivity contribution is 0.101. The fraction of sp³-hybridized carbons (Fsp3) is 0.400. The number of aryl methyl sites for hydroxylation is 1. The highest BCUT2D eigenvalue weighted by atomic mass is 16.1. The molecule has 2 nitrogen and oxygen atoms in total. The van der Waals surface area contributed by atoms with Gasteiger partial charge in [0.15, 0.2) is 5.78 Å². The second kappa shape index (κ2) is 4.00. The van der Waals surface area contributed by atoms with E-state index in [9.17, 15) is 4.79 Å². The first-order chi connectivity index (χ1) is 5.75. The minimum atomic E-state index is 0.0234. The summed E-state index contributed by atoms with van der Waals surface area (Å²) < 4.78 is 0. The highest BCUT2D eigenvalue weighted by Gasteiger charge is 2.06. The Hall–Kier alpha value is -1.18. The van der Waals surface area contributed by atoms with E-state index in [1.165, 1.54) is 6.92 Å². The standard InChI is InChI=1S/C10H12NO/c1-3-5-9-6-4-7-11-10(9)8(2)12/h4,7H,3,5H2,1-2H3. The summed E-state index contributed by atoms with van der Waals surface area (Å²) in [6.07, 6.45) is 3.50. The van der Waals surface area contributed by atoms with E-state index in [1.54, 1.807) is 12.3 Å². The third kappa shape index (κ3) is 1.91. The van der Waals surface area contributed by atoms with Crippen LogP contribution in [-0.2, 0) is 6.42 Å². The Labute approximate surface area is 72.6 Å². The first-order valence-corrected chi connectivity index (χ1v) is 4.12. The lowest BCUT2D eigenvalue weighted by Gasteiger charge is -2.01. The van der Waals surface area contributed by atoms with E-state index in [-0.39, 0.29) is 5.78 Å². The third-order valence-corrected chi connectivity index (χ3v) is 1.66. The van der Waals surface area contributed by atoms with Crippen molar-refractivity contribution in [2.24, 2.45) is 0 Å². The summed E-state index contributed by atoms with van der Waals surface area (Å²) in [5.41, 5.74) is 1.51. The Morgan fingerprint density at radius 3 is 3.00 bits per heavy atom. The first-order valence-electron chi connectivity index (χ1n) is 4.12. The Bertz CT molecular complexity index is 281. The smallest absolute Gasteiger partial charge is 0.178 e. The van der Waals surface area contributed by atoms with Crippen molar-refractivity contribution >= 4 is 5.78 Å². The number of aromatic nitrogens is 1. The van der Waals surface area contributed by atoms with Gasteiger partial charge in [-0.3, -0.25) is 9.78 Å². The van der Waals surface area contributed by atoms with Crippen molar-refractivity contribution in [2.45, 2.75) is 26.7 Å². The summed E-state index contributed by atoms with van der Waals surface area (Å²) in [5, 5.41) is 0. The predicted octanol–water partition coefficient (Wildman–Crippen LogP) is 2.04. The molecule has 0 aromatic carbocycles. The summed E-state index contributed by atoms with van der Waals surface area (Å²) in [6, 6.07) is 4.78. The molecule has 0 atom stereocenters. The van der Waals surface area contributed by atoms with Crippen LogP contribution in [0.15, 0.2) is 12.3 Å². The molecule has 0 aliphatic rings. The molecule has 2 heteroatoms. The number of hydrogen-bond donors (Lipinski definition) is 0. The highest BCUT2D eigenvalue weighted by molar-refractivity contribution is 5.93. The Kier molecular flexibility index (Phi) is 2.97. The van der Waals surface area contributed by atoms with Gasteiger partial charge >= 0.3 is 0 Å².